The Morgan fingerprint density at radius 2 is 2.05 bits per heavy atom. The van der Waals surface area contributed by atoms with Crippen LogP contribution in [0.15, 0.2) is 15.9 Å². The van der Waals surface area contributed by atoms with Crippen LogP contribution in [-0.2, 0) is 19.6 Å². The topological polar surface area (TPSA) is 85.4 Å². The first-order chi connectivity index (χ1) is 9.04. The van der Waals surface area contributed by atoms with E-state index >= 15 is 0 Å². The van der Waals surface area contributed by atoms with Crippen molar-refractivity contribution in [1.82, 2.24) is 9.71 Å². The van der Waals surface area contributed by atoms with Gasteiger partial charge in [0.15, 0.2) is 5.03 Å². The highest BCUT2D eigenvalue weighted by Crippen LogP contribution is 2.36. The Balaban J connectivity index is 1.69. The van der Waals surface area contributed by atoms with Crippen molar-refractivity contribution in [2.75, 3.05) is 0 Å². The summed E-state index contributed by atoms with van der Waals surface area (Å²) in [7, 11) is -3.82. The van der Waals surface area contributed by atoms with Crippen LogP contribution in [0.5, 0.6) is 0 Å². The molecule has 0 aromatic carbocycles. The average Bonchev–Trinajstić information content (AvgIpc) is 2.99. The van der Waals surface area contributed by atoms with E-state index < -0.39 is 15.9 Å². The summed E-state index contributed by atoms with van der Waals surface area (Å²) in [5, 5.41) is 1.31. The molecule has 3 rings (SSSR count). The number of nitrogens with zero attached hydrogens (tertiary/aromatic N) is 1. The van der Waals surface area contributed by atoms with E-state index in [1.165, 1.54) is 22.2 Å². The van der Waals surface area contributed by atoms with Crippen LogP contribution in [0.3, 0.4) is 0 Å². The minimum atomic E-state index is -3.82. The van der Waals surface area contributed by atoms with E-state index in [9.17, 15) is 13.2 Å². The second kappa shape index (κ2) is 4.84. The lowest BCUT2D eigenvalue weighted by molar-refractivity contribution is -0.128. The van der Waals surface area contributed by atoms with Crippen LogP contribution in [0.1, 0.15) is 25.7 Å². The van der Waals surface area contributed by atoms with Crippen molar-refractivity contribution in [2.24, 2.45) is 5.92 Å². The lowest BCUT2D eigenvalue weighted by atomic mass is 9.95. The van der Waals surface area contributed by atoms with E-state index in [0.29, 0.717) is 12.8 Å². The van der Waals surface area contributed by atoms with Gasteiger partial charge in [0.2, 0.25) is 5.91 Å². The summed E-state index contributed by atoms with van der Waals surface area (Å²) >= 11 is 1.18. The Morgan fingerprint density at radius 3 is 2.63 bits per heavy atom. The van der Waals surface area contributed by atoms with E-state index in [4.69, 9.17) is 4.74 Å². The van der Waals surface area contributed by atoms with Crippen molar-refractivity contribution >= 4 is 27.3 Å². The van der Waals surface area contributed by atoms with E-state index in [1.54, 1.807) is 0 Å². The predicted molar refractivity (Wildman–Crippen MR) is 68.1 cm³/mol. The molecule has 0 radical (unpaired) electrons. The third-order valence-corrected chi connectivity index (χ3v) is 5.56. The fraction of sp³-hybridized carbons (Fsp3) is 0.636. The molecule has 1 amide bonds. The zero-order valence-corrected chi connectivity index (χ0v) is 11.7. The van der Waals surface area contributed by atoms with E-state index in [0.717, 1.165) is 12.8 Å². The number of hydrogen-bond acceptors (Lipinski definition) is 6. The molecule has 2 fully saturated rings. The van der Waals surface area contributed by atoms with Crippen LogP contribution in [0.2, 0.25) is 0 Å². The minimum Gasteiger partial charge on any atom is -0.375 e. The average molecular weight is 302 g/mol. The van der Waals surface area contributed by atoms with Crippen LogP contribution >= 0.6 is 11.3 Å². The Labute approximate surface area is 115 Å². The number of aromatic nitrogens is 1. The molecule has 1 unspecified atom stereocenters. The van der Waals surface area contributed by atoms with Gasteiger partial charge in [0, 0.05) is 11.3 Å². The molecule has 0 saturated carbocycles. The van der Waals surface area contributed by atoms with Gasteiger partial charge in [-0.3, -0.25) is 4.79 Å². The number of carbonyl (C=O) groups is 1. The third-order valence-electron chi connectivity index (χ3n) is 3.58. The Morgan fingerprint density at radius 1 is 1.37 bits per heavy atom. The normalized spacial score (nSPS) is 30.2. The Bertz CT molecular complexity index is 558. The van der Waals surface area contributed by atoms with Crippen molar-refractivity contribution in [2.45, 2.75) is 42.9 Å². The predicted octanol–water partition coefficient (Wildman–Crippen LogP) is 0.906. The van der Waals surface area contributed by atoms with E-state index in [1.807, 2.05) is 0 Å². The lowest BCUT2D eigenvalue weighted by Gasteiger charge is -2.27. The second-order valence-corrected chi connectivity index (χ2v) is 7.27. The fourth-order valence-corrected chi connectivity index (χ4v) is 4.55. The van der Waals surface area contributed by atoms with Gasteiger partial charge in [-0.25, -0.2) is 9.71 Å². The van der Waals surface area contributed by atoms with Gasteiger partial charge >= 0.3 is 0 Å². The number of hydrogen-bond donors (Lipinski definition) is 1. The highest BCUT2D eigenvalue weighted by Gasteiger charge is 2.39. The standard InChI is InChI=1S/C11H14N2O4S2/c14-11(7-3-8-1-2-9(4-7)17-8)13-19(15,16)10-5-18-6-12-10/h5-9H,1-4H2,(H,13,14)/t7?,8-,9+. The zero-order valence-electron chi connectivity index (χ0n) is 10.1. The SMILES string of the molecule is O=C(NS(=O)(=O)c1cscn1)C1C[C@H]2CC[C@@H](C1)O2. The molecule has 3 atom stereocenters. The zero-order chi connectivity index (χ0) is 13.5. The van der Waals surface area contributed by atoms with E-state index in [-0.39, 0.29) is 23.2 Å². The molecule has 19 heavy (non-hydrogen) atoms. The van der Waals surface area contributed by atoms with Gasteiger partial charge in [0.1, 0.15) is 0 Å². The molecule has 1 aromatic rings. The molecule has 2 bridgehead atoms. The lowest BCUT2D eigenvalue weighted by Crippen LogP contribution is -2.40. The maximum absolute atomic E-state index is 12.1. The molecule has 6 nitrogen and oxygen atoms in total. The number of carbonyl (C=O) groups excluding carboxylic acids is 1. The quantitative estimate of drug-likeness (QED) is 0.897. The van der Waals surface area contributed by atoms with Gasteiger partial charge in [0.25, 0.3) is 10.0 Å². The molecule has 3 heterocycles. The first-order valence-electron chi connectivity index (χ1n) is 6.15. The number of amides is 1. The molecule has 0 spiro atoms. The van der Waals surface area contributed by atoms with Gasteiger partial charge in [0.05, 0.1) is 17.7 Å². The molecule has 2 aliphatic heterocycles. The molecule has 8 heteroatoms. The van der Waals surface area contributed by atoms with Crippen molar-refractivity contribution in [1.29, 1.82) is 0 Å². The maximum Gasteiger partial charge on any atom is 0.282 e. The van der Waals surface area contributed by atoms with Crippen molar-refractivity contribution in [3.8, 4) is 0 Å². The molecule has 0 aliphatic carbocycles. The summed E-state index contributed by atoms with van der Waals surface area (Å²) in [6, 6.07) is 0. The molecule has 2 saturated heterocycles. The van der Waals surface area contributed by atoms with Crippen LogP contribution in [-0.4, -0.2) is 31.5 Å². The van der Waals surface area contributed by atoms with Gasteiger partial charge < -0.3 is 4.74 Å². The van der Waals surface area contributed by atoms with Gasteiger partial charge in [-0.2, -0.15) is 8.42 Å². The maximum atomic E-state index is 12.1. The first-order valence-corrected chi connectivity index (χ1v) is 8.57. The molecule has 1 N–H and O–H groups in total. The second-order valence-electron chi connectivity index (χ2n) is 4.92. The molecular weight excluding hydrogens is 288 g/mol. The first kappa shape index (κ1) is 13.0. The largest absolute Gasteiger partial charge is 0.375 e. The van der Waals surface area contributed by atoms with Gasteiger partial charge in [-0.05, 0) is 25.7 Å². The summed E-state index contributed by atoms with van der Waals surface area (Å²) in [6.07, 6.45) is 3.36. The monoisotopic (exact) mass is 302 g/mol. The van der Waals surface area contributed by atoms with Gasteiger partial charge in [-0.1, -0.05) is 0 Å². The minimum absolute atomic E-state index is 0.0964. The highest BCUT2D eigenvalue weighted by molar-refractivity contribution is 7.90. The summed E-state index contributed by atoms with van der Waals surface area (Å²) in [6.45, 7) is 0. The smallest absolute Gasteiger partial charge is 0.282 e. The summed E-state index contributed by atoms with van der Waals surface area (Å²) in [5.74, 6) is -0.715. The summed E-state index contributed by atoms with van der Waals surface area (Å²) < 4.78 is 31.6. The Hall–Kier alpha value is -0.990. The molecular formula is C11H14N2O4S2. The highest BCUT2D eigenvalue weighted by atomic mass is 32.2. The third kappa shape index (κ3) is 2.65. The summed E-state index contributed by atoms with van der Waals surface area (Å²) in [5.41, 5.74) is 1.42. The molecule has 104 valence electrons. The molecule has 2 aliphatic rings. The van der Waals surface area contributed by atoms with E-state index in [2.05, 4.69) is 9.71 Å². The Kier molecular flexibility index (Phi) is 3.32. The number of ether oxygens (including phenoxy) is 1. The van der Waals surface area contributed by atoms with Crippen molar-refractivity contribution < 1.29 is 17.9 Å². The van der Waals surface area contributed by atoms with Crippen molar-refractivity contribution in [3.05, 3.63) is 10.9 Å². The van der Waals surface area contributed by atoms with Gasteiger partial charge in [-0.15, -0.1) is 11.3 Å². The van der Waals surface area contributed by atoms with Crippen LogP contribution in [0, 0.1) is 5.92 Å². The van der Waals surface area contributed by atoms with Crippen LogP contribution < -0.4 is 4.72 Å². The molecule has 1 aromatic heterocycles. The number of thiazole rings is 1. The van der Waals surface area contributed by atoms with Crippen LogP contribution in [0.4, 0.5) is 0 Å². The number of fused-ring (bicyclic) bond motifs is 2. The van der Waals surface area contributed by atoms with Crippen molar-refractivity contribution in [3.63, 3.8) is 0 Å². The summed E-state index contributed by atoms with van der Waals surface area (Å²) in [4.78, 5) is 15.8. The van der Waals surface area contributed by atoms with Crippen LogP contribution in [0.25, 0.3) is 0 Å². The number of rotatable bonds is 3. The number of sulfonamides is 1. The fourth-order valence-electron chi connectivity index (χ4n) is 2.67. The number of nitrogens with one attached hydrogen (secondary N) is 1.